The van der Waals surface area contributed by atoms with Crippen molar-refractivity contribution in [2.75, 3.05) is 6.54 Å². The maximum absolute atomic E-state index is 8.68. The number of hydrogen-bond acceptors (Lipinski definition) is 3. The largest absolute Gasteiger partial charge is 0.409 e. The molecule has 0 aromatic heterocycles. The van der Waals surface area contributed by atoms with Crippen molar-refractivity contribution in [3.8, 4) is 0 Å². The van der Waals surface area contributed by atoms with Crippen LogP contribution in [-0.4, -0.2) is 23.6 Å². The van der Waals surface area contributed by atoms with Crippen LogP contribution < -0.4 is 11.1 Å². The van der Waals surface area contributed by atoms with E-state index in [4.69, 9.17) is 10.9 Å². The van der Waals surface area contributed by atoms with E-state index in [2.05, 4.69) is 10.5 Å². The molecule has 0 aromatic rings. The van der Waals surface area contributed by atoms with Crippen molar-refractivity contribution < 1.29 is 5.21 Å². The Labute approximate surface area is 105 Å². The van der Waals surface area contributed by atoms with Crippen LogP contribution in [0, 0.1) is 5.41 Å². The highest BCUT2D eigenvalue weighted by molar-refractivity contribution is 5.85. The standard InChI is InChI=1S/C13H27N3O/c1-13(2,12(14)16-17)9-6-10-15-11-7-4-3-5-8-11/h11,15,17H,3-10H2,1-2H3,(H2,14,16). The monoisotopic (exact) mass is 241 g/mol. The third-order valence-corrected chi connectivity index (χ3v) is 3.82. The van der Waals surface area contributed by atoms with Gasteiger partial charge in [-0.25, -0.2) is 0 Å². The van der Waals surface area contributed by atoms with Crippen molar-refractivity contribution >= 4 is 5.84 Å². The van der Waals surface area contributed by atoms with Crippen molar-refractivity contribution in [2.45, 2.75) is 64.8 Å². The second-order valence-electron chi connectivity index (χ2n) is 5.76. The first-order chi connectivity index (χ1) is 8.06. The van der Waals surface area contributed by atoms with E-state index in [0.717, 1.165) is 25.4 Å². The molecule has 1 aliphatic rings. The summed E-state index contributed by atoms with van der Waals surface area (Å²) in [5.74, 6) is 0.329. The average molecular weight is 241 g/mol. The van der Waals surface area contributed by atoms with Crippen LogP contribution in [0.2, 0.25) is 0 Å². The van der Waals surface area contributed by atoms with Gasteiger partial charge in [0.15, 0.2) is 0 Å². The van der Waals surface area contributed by atoms with E-state index < -0.39 is 0 Å². The number of nitrogens with one attached hydrogen (secondary N) is 1. The molecule has 1 saturated carbocycles. The molecule has 1 fully saturated rings. The summed E-state index contributed by atoms with van der Waals surface area (Å²) in [5.41, 5.74) is 5.45. The molecule has 17 heavy (non-hydrogen) atoms. The Morgan fingerprint density at radius 1 is 1.35 bits per heavy atom. The summed E-state index contributed by atoms with van der Waals surface area (Å²) in [6.45, 7) is 5.07. The highest BCUT2D eigenvalue weighted by atomic mass is 16.4. The fraction of sp³-hybridized carbons (Fsp3) is 0.923. The lowest BCUT2D eigenvalue weighted by Gasteiger charge is -2.25. The molecule has 0 bridgehead atoms. The number of nitrogens with two attached hydrogens (primary N) is 1. The molecule has 0 unspecified atom stereocenters. The molecule has 4 heteroatoms. The molecule has 100 valence electrons. The first kappa shape index (κ1) is 14.3. The summed E-state index contributed by atoms with van der Waals surface area (Å²) in [5, 5.41) is 15.4. The number of rotatable bonds is 6. The van der Waals surface area contributed by atoms with Crippen LogP contribution >= 0.6 is 0 Å². The second kappa shape index (κ2) is 6.84. The van der Waals surface area contributed by atoms with Crippen LogP contribution in [0.1, 0.15) is 58.8 Å². The number of amidine groups is 1. The normalized spacial score (nSPS) is 19.5. The Morgan fingerprint density at radius 3 is 2.59 bits per heavy atom. The quantitative estimate of drug-likeness (QED) is 0.220. The maximum atomic E-state index is 8.68. The summed E-state index contributed by atoms with van der Waals surface area (Å²) >= 11 is 0. The minimum Gasteiger partial charge on any atom is -0.409 e. The van der Waals surface area contributed by atoms with E-state index in [9.17, 15) is 0 Å². The molecule has 0 amide bonds. The SMILES string of the molecule is CC(C)(CCCNC1CCCCC1)C(N)=NO. The molecule has 0 heterocycles. The minimum atomic E-state index is -0.205. The fourth-order valence-corrected chi connectivity index (χ4v) is 2.41. The van der Waals surface area contributed by atoms with Crippen molar-refractivity contribution in [1.82, 2.24) is 5.32 Å². The molecule has 0 spiro atoms. The van der Waals surface area contributed by atoms with Gasteiger partial charge >= 0.3 is 0 Å². The molecule has 0 saturated heterocycles. The molecule has 0 aromatic carbocycles. The van der Waals surface area contributed by atoms with Crippen LogP contribution in [-0.2, 0) is 0 Å². The minimum absolute atomic E-state index is 0.205. The average Bonchev–Trinajstić information content (AvgIpc) is 2.35. The zero-order chi connectivity index (χ0) is 12.7. The number of oxime groups is 1. The van der Waals surface area contributed by atoms with Gasteiger partial charge in [-0.1, -0.05) is 38.3 Å². The van der Waals surface area contributed by atoms with Gasteiger partial charge in [-0.05, 0) is 32.2 Å². The predicted octanol–water partition coefficient (Wildman–Crippen LogP) is 2.46. The van der Waals surface area contributed by atoms with E-state index in [1.54, 1.807) is 0 Å². The van der Waals surface area contributed by atoms with Gasteiger partial charge in [0.1, 0.15) is 5.84 Å². The van der Waals surface area contributed by atoms with Gasteiger partial charge in [0, 0.05) is 11.5 Å². The molecule has 0 radical (unpaired) electrons. The highest BCUT2D eigenvalue weighted by Crippen LogP contribution is 2.22. The van der Waals surface area contributed by atoms with Gasteiger partial charge in [0.25, 0.3) is 0 Å². The first-order valence-corrected chi connectivity index (χ1v) is 6.77. The zero-order valence-electron chi connectivity index (χ0n) is 11.2. The van der Waals surface area contributed by atoms with Gasteiger partial charge in [0.2, 0.25) is 0 Å². The van der Waals surface area contributed by atoms with Crippen molar-refractivity contribution in [1.29, 1.82) is 0 Å². The first-order valence-electron chi connectivity index (χ1n) is 6.77. The molecular weight excluding hydrogens is 214 g/mol. The molecule has 0 atom stereocenters. The highest BCUT2D eigenvalue weighted by Gasteiger charge is 2.23. The molecule has 4 N–H and O–H groups in total. The van der Waals surface area contributed by atoms with E-state index in [1.165, 1.54) is 32.1 Å². The lowest BCUT2D eigenvalue weighted by molar-refractivity contribution is 0.303. The van der Waals surface area contributed by atoms with Crippen LogP contribution in [0.15, 0.2) is 5.16 Å². The third-order valence-electron chi connectivity index (χ3n) is 3.82. The molecule has 1 rings (SSSR count). The Kier molecular flexibility index (Phi) is 5.75. The van der Waals surface area contributed by atoms with E-state index in [0.29, 0.717) is 5.84 Å². The van der Waals surface area contributed by atoms with Gasteiger partial charge in [-0.2, -0.15) is 0 Å². The van der Waals surface area contributed by atoms with Crippen molar-refractivity contribution in [3.63, 3.8) is 0 Å². The van der Waals surface area contributed by atoms with Crippen LogP contribution in [0.5, 0.6) is 0 Å². The van der Waals surface area contributed by atoms with Crippen molar-refractivity contribution in [3.05, 3.63) is 0 Å². The van der Waals surface area contributed by atoms with Crippen LogP contribution in [0.25, 0.3) is 0 Å². The van der Waals surface area contributed by atoms with Crippen molar-refractivity contribution in [2.24, 2.45) is 16.3 Å². The Balaban J connectivity index is 2.14. The van der Waals surface area contributed by atoms with Gasteiger partial charge in [-0.15, -0.1) is 0 Å². The molecule has 0 aliphatic heterocycles. The summed E-state index contributed by atoms with van der Waals surface area (Å²) < 4.78 is 0. The second-order valence-corrected chi connectivity index (χ2v) is 5.76. The third kappa shape index (κ3) is 4.94. The fourth-order valence-electron chi connectivity index (χ4n) is 2.41. The summed E-state index contributed by atoms with van der Waals surface area (Å²) in [7, 11) is 0. The predicted molar refractivity (Wildman–Crippen MR) is 71.3 cm³/mol. The lowest BCUT2D eigenvalue weighted by atomic mass is 9.86. The smallest absolute Gasteiger partial charge is 0.144 e. The topological polar surface area (TPSA) is 70.6 Å². The van der Waals surface area contributed by atoms with Gasteiger partial charge in [-0.3, -0.25) is 0 Å². The van der Waals surface area contributed by atoms with Gasteiger partial charge < -0.3 is 16.3 Å². The Bertz CT molecular complexity index is 245. The summed E-state index contributed by atoms with van der Waals surface area (Å²) in [4.78, 5) is 0. The Morgan fingerprint density at radius 2 is 2.00 bits per heavy atom. The van der Waals surface area contributed by atoms with E-state index in [-0.39, 0.29) is 5.41 Å². The maximum Gasteiger partial charge on any atom is 0.144 e. The molecular formula is C13H27N3O. The Hall–Kier alpha value is -0.770. The molecule has 4 nitrogen and oxygen atoms in total. The van der Waals surface area contributed by atoms with E-state index in [1.807, 2.05) is 13.8 Å². The number of nitrogens with zero attached hydrogens (tertiary/aromatic N) is 1. The van der Waals surface area contributed by atoms with Crippen LogP contribution in [0.3, 0.4) is 0 Å². The summed E-state index contributed by atoms with van der Waals surface area (Å²) in [6, 6.07) is 0.718. The van der Waals surface area contributed by atoms with Gasteiger partial charge in [0.05, 0.1) is 0 Å². The van der Waals surface area contributed by atoms with E-state index >= 15 is 0 Å². The summed E-state index contributed by atoms with van der Waals surface area (Å²) in [6.07, 6.45) is 8.80. The molecule has 1 aliphatic carbocycles. The van der Waals surface area contributed by atoms with Crippen LogP contribution in [0.4, 0.5) is 0 Å². The lowest BCUT2D eigenvalue weighted by Crippen LogP contribution is -2.35. The zero-order valence-corrected chi connectivity index (χ0v) is 11.2. The number of hydrogen-bond donors (Lipinski definition) is 3.